The Morgan fingerprint density at radius 1 is 1.12 bits per heavy atom. The lowest BCUT2D eigenvalue weighted by atomic mass is 9.92. The third kappa shape index (κ3) is 4.54. The summed E-state index contributed by atoms with van der Waals surface area (Å²) >= 11 is 0. The first kappa shape index (κ1) is 17.4. The highest BCUT2D eigenvalue weighted by Crippen LogP contribution is 2.21. The molecule has 0 aliphatic carbocycles. The fraction of sp³-hybridized carbons (Fsp3) is 0.824. The number of nitrogens with one attached hydrogen (secondary N) is 1. The zero-order chi connectivity index (χ0) is 17.1. The monoisotopic (exact) mass is 334 g/mol. The zero-order valence-corrected chi connectivity index (χ0v) is 15.2. The van der Waals surface area contributed by atoms with Gasteiger partial charge < -0.3 is 4.90 Å². The van der Waals surface area contributed by atoms with Crippen LogP contribution in [0.4, 0.5) is 0 Å². The van der Waals surface area contributed by atoms with Crippen molar-refractivity contribution in [2.24, 2.45) is 11.8 Å². The summed E-state index contributed by atoms with van der Waals surface area (Å²) in [5.74, 6) is 3.26. The van der Waals surface area contributed by atoms with Crippen LogP contribution in [0.25, 0.3) is 0 Å². The van der Waals surface area contributed by atoms with E-state index in [0.29, 0.717) is 24.3 Å². The second-order valence-electron chi connectivity index (χ2n) is 7.63. The molecule has 2 saturated heterocycles. The third-order valence-corrected chi connectivity index (χ3v) is 5.05. The van der Waals surface area contributed by atoms with Gasteiger partial charge in [-0.05, 0) is 25.2 Å². The number of hydrogen-bond donors (Lipinski definition) is 1. The predicted octanol–water partition coefficient (Wildman–Crippen LogP) is 0.735. The molecule has 2 aliphatic rings. The number of aromatic amines is 1. The Morgan fingerprint density at radius 2 is 1.75 bits per heavy atom. The van der Waals surface area contributed by atoms with Crippen LogP contribution < -0.4 is 0 Å². The summed E-state index contributed by atoms with van der Waals surface area (Å²) in [6, 6.07) is 0. The van der Waals surface area contributed by atoms with Crippen LogP contribution in [-0.4, -0.2) is 81.6 Å². The fourth-order valence-corrected chi connectivity index (χ4v) is 3.92. The summed E-state index contributed by atoms with van der Waals surface area (Å²) in [6.07, 6.45) is 1.24. The average molecular weight is 334 g/mol. The predicted molar refractivity (Wildman–Crippen MR) is 92.4 cm³/mol. The first-order chi connectivity index (χ1) is 11.5. The quantitative estimate of drug-likeness (QED) is 0.879. The van der Waals surface area contributed by atoms with Crippen molar-refractivity contribution in [2.45, 2.75) is 33.7 Å². The number of nitrogens with zero attached hydrogens (tertiary/aromatic N) is 5. The molecule has 1 aromatic rings. The zero-order valence-electron chi connectivity index (χ0n) is 15.2. The van der Waals surface area contributed by atoms with Crippen LogP contribution in [0.3, 0.4) is 0 Å². The highest BCUT2D eigenvalue weighted by molar-refractivity contribution is 5.78. The smallest absolute Gasteiger partial charge is 0.236 e. The molecule has 0 radical (unpaired) electrons. The van der Waals surface area contributed by atoms with Crippen LogP contribution in [0, 0.1) is 18.8 Å². The number of piperazine rings is 1. The Kier molecular flexibility index (Phi) is 5.50. The minimum Gasteiger partial charge on any atom is -0.341 e. The van der Waals surface area contributed by atoms with Gasteiger partial charge in [0.2, 0.25) is 5.91 Å². The summed E-state index contributed by atoms with van der Waals surface area (Å²) in [6.45, 7) is 13.4. The lowest BCUT2D eigenvalue weighted by Crippen LogP contribution is -2.51. The van der Waals surface area contributed by atoms with Gasteiger partial charge in [0.05, 0.1) is 13.1 Å². The number of hydrogen-bond acceptors (Lipinski definition) is 5. The van der Waals surface area contributed by atoms with E-state index in [0.717, 1.165) is 57.5 Å². The molecule has 3 heterocycles. The number of carbonyl (C=O) groups excluding carboxylic acids is 1. The molecule has 0 aromatic carbocycles. The Morgan fingerprint density at radius 3 is 2.33 bits per heavy atom. The van der Waals surface area contributed by atoms with Crippen molar-refractivity contribution in [3.8, 4) is 0 Å². The Hall–Kier alpha value is -1.47. The molecule has 1 aromatic heterocycles. The first-order valence-corrected chi connectivity index (χ1v) is 9.10. The number of carbonyl (C=O) groups is 1. The molecule has 2 atom stereocenters. The van der Waals surface area contributed by atoms with E-state index in [1.54, 1.807) is 0 Å². The van der Waals surface area contributed by atoms with Gasteiger partial charge in [0.25, 0.3) is 0 Å². The molecule has 24 heavy (non-hydrogen) atoms. The molecule has 0 spiro atoms. The Bertz CT molecular complexity index is 541. The van der Waals surface area contributed by atoms with Crippen molar-refractivity contribution < 1.29 is 4.79 Å². The second kappa shape index (κ2) is 7.61. The maximum absolute atomic E-state index is 12.6. The first-order valence-electron chi connectivity index (χ1n) is 9.10. The summed E-state index contributed by atoms with van der Waals surface area (Å²) in [5.41, 5.74) is 0. The van der Waals surface area contributed by atoms with Crippen LogP contribution >= 0.6 is 0 Å². The van der Waals surface area contributed by atoms with Gasteiger partial charge in [-0.3, -0.25) is 19.7 Å². The summed E-state index contributed by atoms with van der Waals surface area (Å²) in [5, 5.41) is 7.09. The summed E-state index contributed by atoms with van der Waals surface area (Å²) < 4.78 is 0. The van der Waals surface area contributed by atoms with Gasteiger partial charge in [0.1, 0.15) is 5.82 Å². The van der Waals surface area contributed by atoms with Crippen molar-refractivity contribution in [1.29, 1.82) is 0 Å². The van der Waals surface area contributed by atoms with Crippen molar-refractivity contribution in [2.75, 3.05) is 45.8 Å². The average Bonchev–Trinajstić information content (AvgIpc) is 2.93. The molecule has 2 aliphatic heterocycles. The second-order valence-corrected chi connectivity index (χ2v) is 7.63. The van der Waals surface area contributed by atoms with E-state index in [1.807, 2.05) is 6.92 Å². The molecule has 134 valence electrons. The van der Waals surface area contributed by atoms with Gasteiger partial charge >= 0.3 is 0 Å². The van der Waals surface area contributed by atoms with Crippen LogP contribution in [0.2, 0.25) is 0 Å². The highest BCUT2D eigenvalue weighted by atomic mass is 16.2. The number of likely N-dealkylation sites (tertiary alicyclic amines) is 1. The van der Waals surface area contributed by atoms with E-state index in [1.165, 1.54) is 6.42 Å². The van der Waals surface area contributed by atoms with Crippen LogP contribution in [0.5, 0.6) is 0 Å². The van der Waals surface area contributed by atoms with E-state index in [2.05, 4.69) is 43.7 Å². The number of aromatic nitrogens is 3. The number of H-pyrrole nitrogens is 1. The molecular weight excluding hydrogens is 304 g/mol. The molecule has 0 saturated carbocycles. The molecule has 7 nitrogen and oxygen atoms in total. The minimum atomic E-state index is 0.298. The molecule has 7 heteroatoms. The molecule has 3 rings (SSSR count). The SMILES string of the molecule is Cc1nc(CN2CCN(CC(=O)N3CC(C)CC(C)C3)CC2)n[nH]1. The van der Waals surface area contributed by atoms with Crippen molar-refractivity contribution in [3.05, 3.63) is 11.6 Å². The minimum absolute atomic E-state index is 0.298. The van der Waals surface area contributed by atoms with Gasteiger partial charge in [0.15, 0.2) is 5.82 Å². The van der Waals surface area contributed by atoms with Crippen LogP contribution in [0.15, 0.2) is 0 Å². The van der Waals surface area contributed by atoms with E-state index in [9.17, 15) is 4.79 Å². The van der Waals surface area contributed by atoms with Crippen molar-refractivity contribution in [3.63, 3.8) is 0 Å². The number of piperidine rings is 1. The highest BCUT2D eigenvalue weighted by Gasteiger charge is 2.27. The normalized spacial score (nSPS) is 26.7. The Labute approximate surface area is 144 Å². The van der Waals surface area contributed by atoms with Crippen LogP contribution in [0.1, 0.15) is 31.9 Å². The van der Waals surface area contributed by atoms with E-state index >= 15 is 0 Å². The fourth-order valence-electron chi connectivity index (χ4n) is 3.92. The standard InChI is InChI=1S/C17H30N6O/c1-13-8-14(2)10-23(9-13)17(24)12-22-6-4-21(5-7-22)11-16-18-15(3)19-20-16/h13-14H,4-12H2,1-3H3,(H,18,19,20). The number of amides is 1. The third-order valence-electron chi connectivity index (χ3n) is 5.05. The van der Waals surface area contributed by atoms with Crippen molar-refractivity contribution in [1.82, 2.24) is 29.9 Å². The largest absolute Gasteiger partial charge is 0.341 e. The van der Waals surface area contributed by atoms with E-state index in [-0.39, 0.29) is 0 Å². The van der Waals surface area contributed by atoms with Gasteiger partial charge in [-0.2, -0.15) is 5.10 Å². The number of rotatable bonds is 4. The van der Waals surface area contributed by atoms with Crippen LogP contribution in [-0.2, 0) is 11.3 Å². The van der Waals surface area contributed by atoms with Gasteiger partial charge in [0, 0.05) is 39.3 Å². The van der Waals surface area contributed by atoms with Gasteiger partial charge in [-0.1, -0.05) is 13.8 Å². The molecule has 0 bridgehead atoms. The topological polar surface area (TPSA) is 68.4 Å². The molecule has 2 unspecified atom stereocenters. The van der Waals surface area contributed by atoms with Crippen molar-refractivity contribution >= 4 is 5.91 Å². The summed E-state index contributed by atoms with van der Waals surface area (Å²) in [4.78, 5) is 23.7. The van der Waals surface area contributed by atoms with E-state index < -0.39 is 0 Å². The molecular formula is C17H30N6O. The maximum Gasteiger partial charge on any atom is 0.236 e. The number of aryl methyl sites for hydroxylation is 1. The summed E-state index contributed by atoms with van der Waals surface area (Å²) in [7, 11) is 0. The molecule has 1 amide bonds. The lowest BCUT2D eigenvalue weighted by molar-refractivity contribution is -0.135. The van der Waals surface area contributed by atoms with Gasteiger partial charge in [-0.25, -0.2) is 4.98 Å². The molecule has 1 N–H and O–H groups in total. The van der Waals surface area contributed by atoms with Gasteiger partial charge in [-0.15, -0.1) is 0 Å². The lowest BCUT2D eigenvalue weighted by Gasteiger charge is -2.38. The molecule has 2 fully saturated rings. The Balaban J connectivity index is 1.42. The maximum atomic E-state index is 12.6. The van der Waals surface area contributed by atoms with E-state index in [4.69, 9.17) is 0 Å².